The van der Waals surface area contributed by atoms with Gasteiger partial charge in [-0.3, -0.25) is 4.79 Å². The SMILES string of the molecule is CC(=O)N1CCN(C(C)C)c2cc(-c3nc(Nc4ccc(N5CCNCC5)c(F)c4F)ncc3F)cc(F)c21. The third-order valence-electron chi connectivity index (χ3n) is 6.97. The zero-order valence-electron chi connectivity index (χ0n) is 21.9. The van der Waals surface area contributed by atoms with E-state index in [1.807, 2.05) is 18.7 Å². The second-order valence-corrected chi connectivity index (χ2v) is 9.80. The third kappa shape index (κ3) is 5.08. The van der Waals surface area contributed by atoms with Gasteiger partial charge in [-0.05, 0) is 38.1 Å². The fourth-order valence-electron chi connectivity index (χ4n) is 5.03. The standard InChI is InChI=1S/C27H29F4N7O/c1-15(2)37-10-11-38(16(3)39)26-18(28)12-17(13-22(26)37)25-19(29)14-33-27(35-25)34-20-4-5-21(24(31)23(20)30)36-8-6-32-7-9-36/h4-5,12-15,32H,6-11H2,1-3H3,(H,33,34,35). The molecule has 8 nitrogen and oxygen atoms in total. The van der Waals surface area contributed by atoms with E-state index in [9.17, 15) is 18.0 Å². The number of carbonyl (C=O) groups excluding carboxylic acids is 1. The number of piperazine rings is 1. The Morgan fingerprint density at radius 1 is 0.974 bits per heavy atom. The number of anilines is 5. The van der Waals surface area contributed by atoms with Crippen LogP contribution in [-0.2, 0) is 4.79 Å². The van der Waals surface area contributed by atoms with Crippen molar-refractivity contribution in [1.82, 2.24) is 15.3 Å². The monoisotopic (exact) mass is 543 g/mol. The first-order valence-corrected chi connectivity index (χ1v) is 12.8. The summed E-state index contributed by atoms with van der Waals surface area (Å²) in [7, 11) is 0. The number of carbonyl (C=O) groups is 1. The molecule has 0 bridgehead atoms. The summed E-state index contributed by atoms with van der Waals surface area (Å²) < 4.78 is 60.2. The largest absolute Gasteiger partial charge is 0.367 e. The van der Waals surface area contributed by atoms with Gasteiger partial charge in [0.05, 0.1) is 23.3 Å². The van der Waals surface area contributed by atoms with Crippen LogP contribution in [0.5, 0.6) is 0 Å². The normalized spacial score (nSPS) is 15.5. The molecule has 0 aliphatic carbocycles. The maximum Gasteiger partial charge on any atom is 0.228 e. The van der Waals surface area contributed by atoms with Gasteiger partial charge in [-0.1, -0.05) is 0 Å². The lowest BCUT2D eigenvalue weighted by Gasteiger charge is -2.40. The van der Waals surface area contributed by atoms with Gasteiger partial charge in [-0.25, -0.2) is 27.5 Å². The number of rotatable bonds is 5. The van der Waals surface area contributed by atoms with Crippen LogP contribution in [0.2, 0.25) is 0 Å². The van der Waals surface area contributed by atoms with E-state index in [1.165, 1.54) is 24.0 Å². The van der Waals surface area contributed by atoms with E-state index >= 15 is 4.39 Å². The van der Waals surface area contributed by atoms with Crippen molar-refractivity contribution in [3.8, 4) is 11.3 Å². The lowest BCUT2D eigenvalue weighted by atomic mass is 10.0. The van der Waals surface area contributed by atoms with Gasteiger partial charge < -0.3 is 25.3 Å². The van der Waals surface area contributed by atoms with E-state index < -0.39 is 23.3 Å². The summed E-state index contributed by atoms with van der Waals surface area (Å²) in [6, 6.07) is 5.51. The van der Waals surface area contributed by atoms with Gasteiger partial charge in [0.2, 0.25) is 11.9 Å². The fourth-order valence-corrected chi connectivity index (χ4v) is 5.03. The lowest BCUT2D eigenvalue weighted by Crippen LogP contribution is -2.46. The van der Waals surface area contributed by atoms with Crippen molar-refractivity contribution in [3.63, 3.8) is 0 Å². The molecule has 2 N–H and O–H groups in total. The second-order valence-electron chi connectivity index (χ2n) is 9.80. The average Bonchev–Trinajstić information content (AvgIpc) is 2.92. The summed E-state index contributed by atoms with van der Waals surface area (Å²) in [5, 5.41) is 5.77. The Bertz CT molecular complexity index is 1410. The van der Waals surface area contributed by atoms with Crippen LogP contribution < -0.4 is 25.3 Å². The predicted molar refractivity (Wildman–Crippen MR) is 143 cm³/mol. The molecule has 3 aromatic rings. The molecular weight excluding hydrogens is 514 g/mol. The zero-order valence-corrected chi connectivity index (χ0v) is 21.9. The van der Waals surface area contributed by atoms with Crippen LogP contribution in [0.15, 0.2) is 30.5 Å². The molecule has 3 heterocycles. The number of amides is 1. The van der Waals surface area contributed by atoms with Gasteiger partial charge in [0, 0.05) is 57.8 Å². The molecule has 0 radical (unpaired) electrons. The minimum absolute atomic E-state index is 0.0120. The molecule has 206 valence electrons. The summed E-state index contributed by atoms with van der Waals surface area (Å²) >= 11 is 0. The maximum absolute atomic E-state index is 15.4. The molecule has 5 rings (SSSR count). The highest BCUT2D eigenvalue weighted by Gasteiger charge is 2.31. The molecular formula is C27H29F4N7O. The molecule has 0 spiro atoms. The van der Waals surface area contributed by atoms with Gasteiger partial charge >= 0.3 is 0 Å². The molecule has 12 heteroatoms. The van der Waals surface area contributed by atoms with Crippen molar-refractivity contribution in [2.75, 3.05) is 59.3 Å². The van der Waals surface area contributed by atoms with Crippen molar-refractivity contribution >= 4 is 34.6 Å². The second kappa shape index (κ2) is 10.7. The lowest BCUT2D eigenvalue weighted by molar-refractivity contribution is -0.116. The van der Waals surface area contributed by atoms with E-state index in [-0.39, 0.29) is 46.2 Å². The van der Waals surface area contributed by atoms with Gasteiger partial charge in [-0.15, -0.1) is 0 Å². The number of aromatic nitrogens is 2. The number of fused-ring (bicyclic) bond motifs is 1. The quantitative estimate of drug-likeness (QED) is 0.461. The summed E-state index contributed by atoms with van der Waals surface area (Å²) in [6.45, 7) is 8.45. The Kier molecular flexibility index (Phi) is 7.30. The van der Waals surface area contributed by atoms with Crippen LogP contribution in [0.25, 0.3) is 11.3 Å². The predicted octanol–water partition coefficient (Wildman–Crippen LogP) is 4.43. The molecule has 0 atom stereocenters. The Balaban J connectivity index is 1.50. The van der Waals surface area contributed by atoms with Crippen molar-refractivity contribution < 1.29 is 22.4 Å². The van der Waals surface area contributed by atoms with Gasteiger partial charge in [0.15, 0.2) is 17.5 Å². The molecule has 39 heavy (non-hydrogen) atoms. The molecule has 0 unspecified atom stereocenters. The molecule has 2 aliphatic heterocycles. The molecule has 0 saturated carbocycles. The van der Waals surface area contributed by atoms with E-state index in [0.29, 0.717) is 45.0 Å². The van der Waals surface area contributed by atoms with Crippen LogP contribution in [0.4, 0.5) is 46.3 Å². The highest BCUT2D eigenvalue weighted by molar-refractivity contribution is 5.97. The Labute approximate surface area is 223 Å². The fraction of sp³-hybridized carbons (Fsp3) is 0.370. The highest BCUT2D eigenvalue weighted by Crippen LogP contribution is 2.40. The topological polar surface area (TPSA) is 76.6 Å². The van der Waals surface area contributed by atoms with Gasteiger partial charge in [-0.2, -0.15) is 0 Å². The Hall–Kier alpha value is -3.93. The van der Waals surface area contributed by atoms with Crippen molar-refractivity contribution in [3.05, 3.63) is 53.7 Å². The number of nitrogens with zero attached hydrogens (tertiary/aromatic N) is 5. The highest BCUT2D eigenvalue weighted by atomic mass is 19.2. The van der Waals surface area contributed by atoms with Crippen LogP contribution in [-0.4, -0.2) is 61.2 Å². The number of hydrogen-bond acceptors (Lipinski definition) is 7. The number of benzene rings is 2. The van der Waals surface area contributed by atoms with E-state index in [0.717, 1.165) is 12.3 Å². The summed E-state index contributed by atoms with van der Waals surface area (Å²) in [5.41, 5.74) is 0.386. The number of nitrogens with one attached hydrogen (secondary N) is 2. The first-order chi connectivity index (χ1) is 18.7. The summed E-state index contributed by atoms with van der Waals surface area (Å²) in [4.78, 5) is 25.2. The first kappa shape index (κ1) is 26.7. The van der Waals surface area contributed by atoms with Crippen LogP contribution in [0, 0.1) is 23.3 Å². The Morgan fingerprint density at radius 3 is 2.41 bits per heavy atom. The molecule has 1 fully saturated rings. The van der Waals surface area contributed by atoms with Crippen LogP contribution >= 0.6 is 0 Å². The molecule has 1 amide bonds. The molecule has 2 aliphatic rings. The first-order valence-electron chi connectivity index (χ1n) is 12.8. The minimum atomic E-state index is -1.11. The third-order valence-corrected chi connectivity index (χ3v) is 6.97. The summed E-state index contributed by atoms with van der Waals surface area (Å²) in [6.07, 6.45) is 0.882. The molecule has 2 aromatic carbocycles. The molecule has 1 saturated heterocycles. The number of hydrogen-bond donors (Lipinski definition) is 2. The van der Waals surface area contributed by atoms with Gasteiger partial charge in [0.1, 0.15) is 17.2 Å². The van der Waals surface area contributed by atoms with Crippen molar-refractivity contribution in [1.29, 1.82) is 0 Å². The minimum Gasteiger partial charge on any atom is -0.367 e. The van der Waals surface area contributed by atoms with E-state index in [1.54, 1.807) is 11.0 Å². The maximum atomic E-state index is 15.4. The molecule has 1 aromatic heterocycles. The van der Waals surface area contributed by atoms with Crippen LogP contribution in [0.3, 0.4) is 0 Å². The van der Waals surface area contributed by atoms with Crippen molar-refractivity contribution in [2.24, 2.45) is 0 Å². The van der Waals surface area contributed by atoms with Crippen molar-refractivity contribution in [2.45, 2.75) is 26.8 Å². The average molecular weight is 544 g/mol. The zero-order chi connectivity index (χ0) is 27.8. The van der Waals surface area contributed by atoms with Crippen LogP contribution in [0.1, 0.15) is 20.8 Å². The smallest absolute Gasteiger partial charge is 0.228 e. The van der Waals surface area contributed by atoms with E-state index in [4.69, 9.17) is 0 Å². The number of halogens is 4. The van der Waals surface area contributed by atoms with E-state index in [2.05, 4.69) is 20.6 Å². The Morgan fingerprint density at radius 2 is 1.72 bits per heavy atom. The van der Waals surface area contributed by atoms with Gasteiger partial charge in [0.25, 0.3) is 0 Å². The summed E-state index contributed by atoms with van der Waals surface area (Å²) in [5.74, 6) is -4.14.